The molecule has 110 valence electrons. The van der Waals surface area contributed by atoms with E-state index < -0.39 is 0 Å². The zero-order valence-corrected chi connectivity index (χ0v) is 12.8. The standard InChI is InChI=1S/C15H22ClN3O/c1-15(2)6-3-7-19(10-15)9-14(20)18-13-5-4-11(16)8-12(13)17/h4-5,8H,3,6-7,9-10,17H2,1-2H3,(H,18,20). The number of halogens is 1. The third-order valence-corrected chi connectivity index (χ3v) is 3.87. The van der Waals surface area contributed by atoms with Crippen molar-refractivity contribution in [3.8, 4) is 0 Å². The van der Waals surface area contributed by atoms with E-state index in [1.54, 1.807) is 18.2 Å². The van der Waals surface area contributed by atoms with Crippen molar-refractivity contribution >= 4 is 28.9 Å². The lowest BCUT2D eigenvalue weighted by Crippen LogP contribution is -2.43. The fourth-order valence-electron chi connectivity index (χ4n) is 2.72. The molecule has 1 saturated heterocycles. The first-order chi connectivity index (χ1) is 9.35. The third-order valence-electron chi connectivity index (χ3n) is 3.63. The van der Waals surface area contributed by atoms with Crippen LogP contribution in [-0.4, -0.2) is 30.4 Å². The number of hydrogen-bond donors (Lipinski definition) is 2. The number of amides is 1. The molecule has 1 aliphatic rings. The van der Waals surface area contributed by atoms with Crippen molar-refractivity contribution < 1.29 is 4.79 Å². The number of piperidine rings is 1. The van der Waals surface area contributed by atoms with Gasteiger partial charge in [-0.1, -0.05) is 25.4 Å². The zero-order chi connectivity index (χ0) is 14.8. The number of nitrogens with two attached hydrogens (primary N) is 1. The fourth-order valence-corrected chi connectivity index (χ4v) is 2.90. The number of nitrogens with zero attached hydrogens (tertiary/aromatic N) is 1. The molecule has 1 aliphatic heterocycles. The molecule has 0 spiro atoms. The normalized spacial score (nSPS) is 18.8. The van der Waals surface area contributed by atoms with E-state index in [1.165, 1.54) is 6.42 Å². The average molecular weight is 296 g/mol. The Bertz CT molecular complexity index is 502. The second kappa shape index (κ2) is 6.02. The second-order valence-corrected chi connectivity index (χ2v) is 6.69. The fraction of sp³-hybridized carbons (Fsp3) is 0.533. The largest absolute Gasteiger partial charge is 0.397 e. The molecule has 1 aromatic carbocycles. The molecule has 3 N–H and O–H groups in total. The molecular weight excluding hydrogens is 274 g/mol. The number of hydrogen-bond acceptors (Lipinski definition) is 3. The highest BCUT2D eigenvalue weighted by Crippen LogP contribution is 2.28. The van der Waals surface area contributed by atoms with Crippen LogP contribution >= 0.6 is 11.6 Å². The molecule has 20 heavy (non-hydrogen) atoms. The van der Waals surface area contributed by atoms with Crippen LogP contribution in [0.3, 0.4) is 0 Å². The minimum Gasteiger partial charge on any atom is -0.397 e. The summed E-state index contributed by atoms with van der Waals surface area (Å²) < 4.78 is 0. The van der Waals surface area contributed by atoms with Crippen LogP contribution in [0.25, 0.3) is 0 Å². The molecule has 1 amide bonds. The molecule has 0 aromatic heterocycles. The van der Waals surface area contributed by atoms with Crippen molar-refractivity contribution in [1.82, 2.24) is 4.90 Å². The molecule has 0 unspecified atom stereocenters. The Morgan fingerprint density at radius 3 is 2.90 bits per heavy atom. The summed E-state index contributed by atoms with van der Waals surface area (Å²) in [6.45, 7) is 6.83. The van der Waals surface area contributed by atoms with Gasteiger partial charge in [0.25, 0.3) is 0 Å². The Labute approximate surface area is 125 Å². The van der Waals surface area contributed by atoms with Gasteiger partial charge in [0.1, 0.15) is 0 Å². The first-order valence-corrected chi connectivity index (χ1v) is 7.31. The van der Waals surface area contributed by atoms with Gasteiger partial charge >= 0.3 is 0 Å². The Morgan fingerprint density at radius 2 is 2.25 bits per heavy atom. The molecule has 0 bridgehead atoms. The number of carbonyl (C=O) groups is 1. The Morgan fingerprint density at radius 1 is 1.50 bits per heavy atom. The van der Waals surface area contributed by atoms with Gasteiger partial charge in [0.15, 0.2) is 0 Å². The van der Waals surface area contributed by atoms with E-state index in [1.807, 2.05) is 0 Å². The molecule has 4 nitrogen and oxygen atoms in total. The van der Waals surface area contributed by atoms with Gasteiger partial charge in [-0.05, 0) is 43.0 Å². The SMILES string of the molecule is CC1(C)CCCN(CC(=O)Nc2ccc(Cl)cc2N)C1. The molecular formula is C15H22ClN3O. The first-order valence-electron chi connectivity index (χ1n) is 6.93. The maximum absolute atomic E-state index is 12.1. The van der Waals surface area contributed by atoms with Crippen LogP contribution in [0.4, 0.5) is 11.4 Å². The summed E-state index contributed by atoms with van der Waals surface area (Å²) in [4.78, 5) is 14.3. The summed E-state index contributed by atoms with van der Waals surface area (Å²) in [7, 11) is 0. The van der Waals surface area contributed by atoms with Crippen LogP contribution < -0.4 is 11.1 Å². The van der Waals surface area contributed by atoms with Crippen molar-refractivity contribution in [3.63, 3.8) is 0 Å². The summed E-state index contributed by atoms with van der Waals surface area (Å²) >= 11 is 5.84. The van der Waals surface area contributed by atoms with Gasteiger partial charge < -0.3 is 11.1 Å². The highest BCUT2D eigenvalue weighted by atomic mass is 35.5. The number of nitrogens with one attached hydrogen (secondary N) is 1. The van der Waals surface area contributed by atoms with E-state index in [-0.39, 0.29) is 11.3 Å². The van der Waals surface area contributed by atoms with Crippen molar-refractivity contribution in [2.24, 2.45) is 5.41 Å². The Kier molecular flexibility index (Phi) is 4.55. The van der Waals surface area contributed by atoms with E-state index in [9.17, 15) is 4.79 Å². The number of nitrogen functional groups attached to an aromatic ring is 1. The lowest BCUT2D eigenvalue weighted by molar-refractivity contribution is -0.118. The van der Waals surface area contributed by atoms with Crippen LogP contribution in [0.15, 0.2) is 18.2 Å². The van der Waals surface area contributed by atoms with E-state index in [2.05, 4.69) is 24.1 Å². The lowest BCUT2D eigenvalue weighted by atomic mass is 9.84. The summed E-state index contributed by atoms with van der Waals surface area (Å²) in [6.07, 6.45) is 2.36. The molecule has 0 aliphatic carbocycles. The van der Waals surface area contributed by atoms with Gasteiger partial charge in [-0.15, -0.1) is 0 Å². The highest BCUT2D eigenvalue weighted by molar-refractivity contribution is 6.31. The van der Waals surface area contributed by atoms with E-state index in [4.69, 9.17) is 17.3 Å². The maximum atomic E-state index is 12.1. The van der Waals surface area contributed by atoms with Crippen LogP contribution in [-0.2, 0) is 4.79 Å². The molecule has 2 rings (SSSR count). The summed E-state index contributed by atoms with van der Waals surface area (Å²) in [5, 5.41) is 3.42. The molecule has 1 fully saturated rings. The molecule has 5 heteroatoms. The van der Waals surface area contributed by atoms with Crippen LogP contribution in [0.5, 0.6) is 0 Å². The van der Waals surface area contributed by atoms with Crippen molar-refractivity contribution in [2.75, 3.05) is 30.7 Å². The molecule has 0 atom stereocenters. The Balaban J connectivity index is 1.92. The van der Waals surface area contributed by atoms with Gasteiger partial charge in [-0.2, -0.15) is 0 Å². The minimum absolute atomic E-state index is 0.0308. The number of anilines is 2. The molecule has 0 saturated carbocycles. The first kappa shape index (κ1) is 15.1. The van der Waals surface area contributed by atoms with Gasteiger partial charge in [0.05, 0.1) is 17.9 Å². The number of rotatable bonds is 3. The van der Waals surface area contributed by atoms with E-state index in [0.29, 0.717) is 22.9 Å². The van der Waals surface area contributed by atoms with Gasteiger partial charge in [0.2, 0.25) is 5.91 Å². The minimum atomic E-state index is -0.0308. The van der Waals surface area contributed by atoms with E-state index in [0.717, 1.165) is 19.5 Å². The number of benzene rings is 1. The predicted molar refractivity (Wildman–Crippen MR) is 83.9 cm³/mol. The van der Waals surface area contributed by atoms with E-state index >= 15 is 0 Å². The van der Waals surface area contributed by atoms with Crippen molar-refractivity contribution in [3.05, 3.63) is 23.2 Å². The average Bonchev–Trinajstić information content (AvgIpc) is 2.31. The monoisotopic (exact) mass is 295 g/mol. The quantitative estimate of drug-likeness (QED) is 0.843. The van der Waals surface area contributed by atoms with Crippen LogP contribution in [0.2, 0.25) is 5.02 Å². The molecule has 1 heterocycles. The van der Waals surface area contributed by atoms with Crippen LogP contribution in [0.1, 0.15) is 26.7 Å². The highest BCUT2D eigenvalue weighted by Gasteiger charge is 2.27. The second-order valence-electron chi connectivity index (χ2n) is 6.26. The zero-order valence-electron chi connectivity index (χ0n) is 12.1. The summed E-state index contributed by atoms with van der Waals surface area (Å²) in [6, 6.07) is 5.09. The molecule has 0 radical (unpaired) electrons. The van der Waals surface area contributed by atoms with Crippen molar-refractivity contribution in [1.29, 1.82) is 0 Å². The third kappa shape index (κ3) is 4.12. The predicted octanol–water partition coefficient (Wildman–Crippen LogP) is 2.98. The van der Waals surface area contributed by atoms with Gasteiger partial charge in [-0.25, -0.2) is 0 Å². The van der Waals surface area contributed by atoms with Crippen LogP contribution in [0, 0.1) is 5.41 Å². The number of likely N-dealkylation sites (tertiary alicyclic amines) is 1. The summed E-state index contributed by atoms with van der Waals surface area (Å²) in [5.41, 5.74) is 7.23. The van der Waals surface area contributed by atoms with Crippen molar-refractivity contribution in [2.45, 2.75) is 26.7 Å². The smallest absolute Gasteiger partial charge is 0.238 e. The molecule has 1 aromatic rings. The van der Waals surface area contributed by atoms with Gasteiger partial charge in [-0.3, -0.25) is 9.69 Å². The topological polar surface area (TPSA) is 58.4 Å². The maximum Gasteiger partial charge on any atom is 0.238 e. The summed E-state index contributed by atoms with van der Waals surface area (Å²) in [5.74, 6) is -0.0308. The lowest BCUT2D eigenvalue weighted by Gasteiger charge is -2.37. The number of carbonyl (C=O) groups excluding carboxylic acids is 1. The van der Waals surface area contributed by atoms with Gasteiger partial charge in [0, 0.05) is 11.6 Å². The Hall–Kier alpha value is -1.26.